The Balaban J connectivity index is 1.57. The average Bonchev–Trinajstić information content (AvgIpc) is 3.30. The summed E-state index contributed by atoms with van der Waals surface area (Å²) in [5.74, 6) is 0.0886. The lowest BCUT2D eigenvalue weighted by Crippen LogP contribution is -2.55. The zero-order chi connectivity index (χ0) is 20.5. The number of rotatable bonds is 1. The predicted molar refractivity (Wildman–Crippen MR) is 114 cm³/mol. The van der Waals surface area contributed by atoms with E-state index in [2.05, 4.69) is 21.2 Å². The van der Waals surface area contributed by atoms with Crippen molar-refractivity contribution in [3.63, 3.8) is 0 Å². The summed E-state index contributed by atoms with van der Waals surface area (Å²) in [4.78, 5) is 13.3. The van der Waals surface area contributed by atoms with Gasteiger partial charge in [0.05, 0.1) is 23.0 Å². The molecule has 7 heteroatoms. The van der Waals surface area contributed by atoms with E-state index in [-0.39, 0.29) is 17.8 Å². The summed E-state index contributed by atoms with van der Waals surface area (Å²) in [6.07, 6.45) is 0.588. The first-order valence-electron chi connectivity index (χ1n) is 9.58. The van der Waals surface area contributed by atoms with E-state index >= 15 is 0 Å². The van der Waals surface area contributed by atoms with Gasteiger partial charge >= 0.3 is 5.72 Å². The topological polar surface area (TPSA) is 53.9 Å². The Labute approximate surface area is 180 Å². The largest absolute Gasteiger partial charge is 0.453 e. The summed E-state index contributed by atoms with van der Waals surface area (Å²) >= 11 is 3.51. The minimum atomic E-state index is -1.40. The Kier molecular flexibility index (Phi) is 3.62. The molecule has 3 aliphatic rings. The number of nitrogens with zero attached hydrogens (tertiary/aromatic N) is 2. The van der Waals surface area contributed by atoms with E-state index in [0.29, 0.717) is 23.4 Å². The molecule has 0 bridgehead atoms. The normalized spacial score (nSPS) is 23.4. The first-order valence-corrected chi connectivity index (χ1v) is 10.4. The van der Waals surface area contributed by atoms with E-state index < -0.39 is 5.72 Å². The van der Waals surface area contributed by atoms with Crippen molar-refractivity contribution in [2.45, 2.75) is 18.2 Å². The van der Waals surface area contributed by atoms with Crippen LogP contribution < -0.4 is 10.1 Å². The van der Waals surface area contributed by atoms with Gasteiger partial charge in [0, 0.05) is 16.5 Å². The maximum Gasteiger partial charge on any atom is 0.306 e. The maximum atomic E-state index is 13.4. The Morgan fingerprint density at radius 1 is 1.13 bits per heavy atom. The summed E-state index contributed by atoms with van der Waals surface area (Å²) in [5.41, 5.74) is 2.60. The van der Waals surface area contributed by atoms with Crippen LogP contribution in [0, 0.1) is 5.82 Å². The number of carbonyl (C=O) groups excluding carboxylic acids is 1. The molecular formula is C23H15BrFN3O2. The highest BCUT2D eigenvalue weighted by Crippen LogP contribution is 2.54. The number of fused-ring (bicyclic) bond motifs is 6. The molecule has 2 unspecified atom stereocenters. The minimum Gasteiger partial charge on any atom is -0.453 e. The van der Waals surface area contributed by atoms with Crippen LogP contribution in [-0.4, -0.2) is 16.6 Å². The van der Waals surface area contributed by atoms with Crippen molar-refractivity contribution >= 4 is 33.2 Å². The highest BCUT2D eigenvalue weighted by atomic mass is 79.9. The molecule has 6 rings (SSSR count). The number of hydrazone groups is 1. The van der Waals surface area contributed by atoms with Crippen molar-refractivity contribution in [2.24, 2.45) is 5.10 Å². The van der Waals surface area contributed by atoms with E-state index in [0.717, 1.165) is 21.3 Å². The molecule has 1 spiro atoms. The Morgan fingerprint density at radius 2 is 1.93 bits per heavy atom. The Hall–Kier alpha value is -3.19. The second-order valence-electron chi connectivity index (χ2n) is 7.55. The third-order valence-corrected chi connectivity index (χ3v) is 6.34. The quantitative estimate of drug-likeness (QED) is 0.556. The second kappa shape index (κ2) is 6.15. The van der Waals surface area contributed by atoms with Gasteiger partial charge in [0.15, 0.2) is 0 Å². The first-order chi connectivity index (χ1) is 14.6. The van der Waals surface area contributed by atoms with E-state index in [9.17, 15) is 9.18 Å². The smallest absolute Gasteiger partial charge is 0.306 e. The van der Waals surface area contributed by atoms with Gasteiger partial charge in [-0.1, -0.05) is 46.3 Å². The number of halogens is 2. The number of para-hydroxylation sites is 1. The molecule has 0 radical (unpaired) electrons. The van der Waals surface area contributed by atoms with Crippen molar-refractivity contribution in [1.29, 1.82) is 0 Å². The van der Waals surface area contributed by atoms with Gasteiger partial charge in [0.1, 0.15) is 11.6 Å². The molecule has 2 atom stereocenters. The van der Waals surface area contributed by atoms with Crippen molar-refractivity contribution in [3.05, 3.63) is 93.7 Å². The lowest BCUT2D eigenvalue weighted by atomic mass is 9.92. The van der Waals surface area contributed by atoms with E-state index in [1.165, 1.54) is 12.1 Å². The fourth-order valence-corrected chi connectivity index (χ4v) is 4.84. The van der Waals surface area contributed by atoms with Gasteiger partial charge in [-0.05, 0) is 42.0 Å². The number of carbonyl (C=O) groups is 1. The van der Waals surface area contributed by atoms with Gasteiger partial charge in [-0.15, -0.1) is 0 Å². The van der Waals surface area contributed by atoms with Gasteiger partial charge < -0.3 is 10.1 Å². The van der Waals surface area contributed by atoms with Crippen LogP contribution in [0.4, 0.5) is 10.1 Å². The Bertz CT molecular complexity index is 1240. The van der Waals surface area contributed by atoms with Gasteiger partial charge in [0.25, 0.3) is 5.91 Å². The molecule has 0 saturated carbocycles. The molecule has 3 aromatic carbocycles. The zero-order valence-corrected chi connectivity index (χ0v) is 17.2. The number of benzene rings is 3. The van der Waals surface area contributed by atoms with Crippen LogP contribution >= 0.6 is 15.9 Å². The average molecular weight is 464 g/mol. The molecule has 0 saturated heterocycles. The monoisotopic (exact) mass is 463 g/mol. The van der Waals surface area contributed by atoms with E-state index in [1.54, 1.807) is 17.1 Å². The third-order valence-electron chi connectivity index (χ3n) is 5.85. The summed E-state index contributed by atoms with van der Waals surface area (Å²) in [7, 11) is 0. The number of anilines is 1. The minimum absolute atomic E-state index is 0.175. The molecule has 0 fully saturated rings. The lowest BCUT2D eigenvalue weighted by molar-refractivity contribution is -0.161. The van der Waals surface area contributed by atoms with E-state index in [4.69, 9.17) is 9.84 Å². The second-order valence-corrected chi connectivity index (χ2v) is 8.46. The molecule has 1 N–H and O–H groups in total. The summed E-state index contributed by atoms with van der Waals surface area (Å²) < 4.78 is 20.7. The van der Waals surface area contributed by atoms with Crippen LogP contribution in [-0.2, 0) is 10.5 Å². The van der Waals surface area contributed by atoms with Crippen LogP contribution in [0.3, 0.4) is 0 Å². The van der Waals surface area contributed by atoms with Crippen LogP contribution in [0.25, 0.3) is 0 Å². The van der Waals surface area contributed by atoms with Crippen LogP contribution in [0.5, 0.6) is 5.75 Å². The third kappa shape index (κ3) is 2.32. The van der Waals surface area contributed by atoms with Crippen molar-refractivity contribution in [2.75, 3.05) is 5.32 Å². The number of hydrogen-bond acceptors (Lipinski definition) is 4. The zero-order valence-electron chi connectivity index (χ0n) is 15.6. The first kappa shape index (κ1) is 17.7. The molecule has 3 aliphatic heterocycles. The van der Waals surface area contributed by atoms with Gasteiger partial charge in [-0.3, -0.25) is 4.79 Å². The number of amides is 1. The molecule has 3 aromatic rings. The molecule has 0 aliphatic carbocycles. The van der Waals surface area contributed by atoms with Crippen LogP contribution in [0.1, 0.15) is 29.2 Å². The molecule has 0 aromatic heterocycles. The van der Waals surface area contributed by atoms with Crippen molar-refractivity contribution < 1.29 is 13.9 Å². The number of hydrogen-bond donors (Lipinski definition) is 1. The number of nitrogens with one attached hydrogen (secondary N) is 1. The summed E-state index contributed by atoms with van der Waals surface area (Å²) in [5, 5.41) is 9.56. The number of ether oxygens (including phenoxy) is 1. The molecule has 3 heterocycles. The SMILES string of the molecule is O=C1Nc2ccc(Br)cc2C12Oc1ccccc1C1CC(c3ccc(F)cc3)=NN12. The molecule has 5 nitrogen and oxygen atoms in total. The maximum absolute atomic E-state index is 13.4. The van der Waals surface area contributed by atoms with Crippen LogP contribution in [0.2, 0.25) is 0 Å². The lowest BCUT2D eigenvalue weighted by Gasteiger charge is -2.44. The standard InChI is InChI=1S/C23H15BrFN3O2/c24-14-7-10-18-17(11-14)23(22(29)26-18)28-20(16-3-1-2-4-21(16)30-23)12-19(27-28)13-5-8-15(25)9-6-13/h1-11,20H,12H2,(H,26,29). The molecule has 148 valence electrons. The fourth-order valence-electron chi connectivity index (χ4n) is 4.48. The summed E-state index contributed by atoms with van der Waals surface area (Å²) in [6, 6.07) is 19.4. The van der Waals surface area contributed by atoms with Crippen molar-refractivity contribution in [3.8, 4) is 5.75 Å². The van der Waals surface area contributed by atoms with Gasteiger partial charge in [-0.25, -0.2) is 9.40 Å². The van der Waals surface area contributed by atoms with Gasteiger partial charge in [-0.2, -0.15) is 5.10 Å². The van der Waals surface area contributed by atoms with E-state index in [1.807, 2.05) is 42.5 Å². The predicted octanol–water partition coefficient (Wildman–Crippen LogP) is 4.94. The van der Waals surface area contributed by atoms with Crippen molar-refractivity contribution in [1.82, 2.24) is 5.01 Å². The van der Waals surface area contributed by atoms with Crippen LogP contribution in [0.15, 0.2) is 76.3 Å². The molecule has 1 amide bonds. The summed E-state index contributed by atoms with van der Waals surface area (Å²) in [6.45, 7) is 0. The Morgan fingerprint density at radius 3 is 2.77 bits per heavy atom. The van der Waals surface area contributed by atoms with Gasteiger partial charge in [0.2, 0.25) is 0 Å². The molecule has 30 heavy (non-hydrogen) atoms. The fraction of sp³-hybridized carbons (Fsp3) is 0.130. The highest BCUT2D eigenvalue weighted by Gasteiger charge is 2.60. The highest BCUT2D eigenvalue weighted by molar-refractivity contribution is 9.10. The molecular weight excluding hydrogens is 449 g/mol.